The van der Waals surface area contributed by atoms with Crippen molar-refractivity contribution in [2.45, 2.75) is 27.2 Å². The number of hydrogen-bond acceptors (Lipinski definition) is 2. The fraction of sp³-hybridized carbons (Fsp3) is 0.333. The molecule has 0 atom stereocenters. The van der Waals surface area contributed by atoms with Crippen LogP contribution in [0, 0.1) is 12.8 Å². The molecule has 0 aliphatic rings. The third-order valence-electron chi connectivity index (χ3n) is 2.85. The molecule has 0 spiro atoms. The van der Waals surface area contributed by atoms with Crippen molar-refractivity contribution in [3.8, 4) is 11.3 Å². The highest BCUT2D eigenvalue weighted by atomic mass is 16.1. The Labute approximate surface area is 107 Å². The second kappa shape index (κ2) is 5.17. The molecule has 0 amide bonds. The molecule has 0 radical (unpaired) electrons. The summed E-state index contributed by atoms with van der Waals surface area (Å²) in [6.07, 6.45) is 0.787. The lowest BCUT2D eigenvalue weighted by molar-refractivity contribution is 0.618. The van der Waals surface area contributed by atoms with Crippen LogP contribution in [0.25, 0.3) is 11.3 Å². The molecule has 3 heteroatoms. The third-order valence-corrected chi connectivity index (χ3v) is 2.85. The van der Waals surface area contributed by atoms with Crippen molar-refractivity contribution in [3.63, 3.8) is 0 Å². The van der Waals surface area contributed by atoms with Gasteiger partial charge in [-0.05, 0) is 12.8 Å². The maximum Gasteiger partial charge on any atom is 0.254 e. The van der Waals surface area contributed by atoms with Gasteiger partial charge in [0.05, 0.1) is 5.69 Å². The molecule has 0 saturated heterocycles. The van der Waals surface area contributed by atoms with Crippen LogP contribution in [0.5, 0.6) is 0 Å². The zero-order valence-electron chi connectivity index (χ0n) is 11.0. The first kappa shape index (κ1) is 12.6. The number of nitrogens with zero attached hydrogens (tertiary/aromatic N) is 1. The summed E-state index contributed by atoms with van der Waals surface area (Å²) in [6.45, 7) is 6.04. The molecule has 1 heterocycles. The smallest absolute Gasteiger partial charge is 0.254 e. The summed E-state index contributed by atoms with van der Waals surface area (Å²) in [5, 5.41) is 0. The maximum atomic E-state index is 11.9. The number of aromatic nitrogens is 2. The van der Waals surface area contributed by atoms with Crippen LogP contribution < -0.4 is 5.56 Å². The Bertz CT molecular complexity index is 585. The van der Waals surface area contributed by atoms with Crippen molar-refractivity contribution in [1.29, 1.82) is 0 Å². The second-order valence-electron chi connectivity index (χ2n) is 4.95. The van der Waals surface area contributed by atoms with E-state index >= 15 is 0 Å². The van der Waals surface area contributed by atoms with Crippen molar-refractivity contribution in [1.82, 2.24) is 9.97 Å². The van der Waals surface area contributed by atoms with Gasteiger partial charge in [-0.1, -0.05) is 44.2 Å². The van der Waals surface area contributed by atoms with Crippen LogP contribution in [-0.2, 0) is 6.42 Å². The van der Waals surface area contributed by atoms with Gasteiger partial charge in [0.15, 0.2) is 0 Å². The summed E-state index contributed by atoms with van der Waals surface area (Å²) in [7, 11) is 0. The lowest BCUT2D eigenvalue weighted by atomic mass is 10.1. The normalized spacial score (nSPS) is 10.9. The molecule has 1 aromatic heterocycles. The number of H-pyrrole nitrogens is 1. The average molecular weight is 242 g/mol. The standard InChI is InChI=1S/C15H18N2O/c1-10(2)9-13-16-14(11(3)15(18)17-13)12-7-5-4-6-8-12/h4-8,10H,9H2,1-3H3,(H,16,17,18). The fourth-order valence-corrected chi connectivity index (χ4v) is 1.94. The first-order valence-electron chi connectivity index (χ1n) is 6.23. The number of aromatic amines is 1. The van der Waals surface area contributed by atoms with Crippen LogP contribution in [-0.4, -0.2) is 9.97 Å². The summed E-state index contributed by atoms with van der Waals surface area (Å²) >= 11 is 0. The zero-order valence-corrected chi connectivity index (χ0v) is 11.0. The van der Waals surface area contributed by atoms with Crippen LogP contribution in [0.1, 0.15) is 25.2 Å². The summed E-state index contributed by atoms with van der Waals surface area (Å²) < 4.78 is 0. The first-order chi connectivity index (χ1) is 8.58. The molecule has 2 rings (SSSR count). The molecule has 1 aromatic carbocycles. The minimum absolute atomic E-state index is 0.0421. The highest BCUT2D eigenvalue weighted by Gasteiger charge is 2.10. The highest BCUT2D eigenvalue weighted by Crippen LogP contribution is 2.18. The van der Waals surface area contributed by atoms with E-state index in [1.807, 2.05) is 37.3 Å². The fourth-order valence-electron chi connectivity index (χ4n) is 1.94. The maximum absolute atomic E-state index is 11.9. The van der Waals surface area contributed by atoms with Gasteiger partial charge in [-0.25, -0.2) is 4.98 Å². The van der Waals surface area contributed by atoms with Gasteiger partial charge < -0.3 is 4.98 Å². The van der Waals surface area contributed by atoms with Crippen molar-refractivity contribution in [2.75, 3.05) is 0 Å². The first-order valence-corrected chi connectivity index (χ1v) is 6.23. The lowest BCUT2D eigenvalue weighted by Crippen LogP contribution is -2.17. The molecule has 0 unspecified atom stereocenters. The average Bonchev–Trinajstić information content (AvgIpc) is 2.34. The van der Waals surface area contributed by atoms with Gasteiger partial charge in [-0.2, -0.15) is 0 Å². The number of rotatable bonds is 3. The minimum atomic E-state index is -0.0421. The van der Waals surface area contributed by atoms with Crippen LogP contribution in [0.15, 0.2) is 35.1 Å². The predicted molar refractivity (Wildman–Crippen MR) is 73.6 cm³/mol. The monoisotopic (exact) mass is 242 g/mol. The van der Waals surface area contributed by atoms with E-state index < -0.39 is 0 Å². The van der Waals surface area contributed by atoms with Crippen LogP contribution in [0.2, 0.25) is 0 Å². The molecule has 0 bridgehead atoms. The Morgan fingerprint density at radius 1 is 1.22 bits per heavy atom. The molecule has 0 fully saturated rings. The van der Waals surface area contributed by atoms with Gasteiger partial charge in [-0.15, -0.1) is 0 Å². The largest absolute Gasteiger partial charge is 0.310 e. The van der Waals surface area contributed by atoms with Gasteiger partial charge >= 0.3 is 0 Å². The molecule has 2 aromatic rings. The summed E-state index contributed by atoms with van der Waals surface area (Å²) in [5.74, 6) is 1.24. The quantitative estimate of drug-likeness (QED) is 0.899. The van der Waals surface area contributed by atoms with E-state index in [0.29, 0.717) is 11.5 Å². The van der Waals surface area contributed by atoms with Crippen molar-refractivity contribution >= 4 is 0 Å². The topological polar surface area (TPSA) is 45.8 Å². The van der Waals surface area contributed by atoms with Crippen molar-refractivity contribution < 1.29 is 0 Å². The minimum Gasteiger partial charge on any atom is -0.310 e. The number of hydrogen-bond donors (Lipinski definition) is 1. The Hall–Kier alpha value is -1.90. The van der Waals surface area contributed by atoms with Crippen molar-refractivity contribution in [2.24, 2.45) is 5.92 Å². The molecule has 0 saturated carbocycles. The van der Waals surface area contributed by atoms with Crippen LogP contribution in [0.3, 0.4) is 0 Å². The van der Waals surface area contributed by atoms with Crippen LogP contribution >= 0.6 is 0 Å². The molecule has 0 aliphatic heterocycles. The lowest BCUT2D eigenvalue weighted by Gasteiger charge is -2.09. The van der Waals surface area contributed by atoms with E-state index in [9.17, 15) is 4.79 Å². The van der Waals surface area contributed by atoms with Crippen LogP contribution in [0.4, 0.5) is 0 Å². The Kier molecular flexibility index (Phi) is 3.60. The molecule has 1 N–H and O–H groups in total. The summed E-state index contributed by atoms with van der Waals surface area (Å²) in [4.78, 5) is 19.4. The third kappa shape index (κ3) is 2.67. The Morgan fingerprint density at radius 3 is 2.50 bits per heavy atom. The van der Waals surface area contributed by atoms with Gasteiger partial charge in [0.25, 0.3) is 5.56 Å². The molecule has 18 heavy (non-hydrogen) atoms. The van der Waals surface area contributed by atoms with E-state index in [-0.39, 0.29) is 5.56 Å². The SMILES string of the molecule is Cc1c(-c2ccccc2)nc(CC(C)C)[nH]c1=O. The van der Waals surface area contributed by atoms with Crippen molar-refractivity contribution in [3.05, 3.63) is 52.1 Å². The van der Waals surface area contributed by atoms with E-state index in [1.54, 1.807) is 0 Å². The Balaban J connectivity index is 2.53. The van der Waals surface area contributed by atoms with E-state index in [2.05, 4.69) is 23.8 Å². The summed E-state index contributed by atoms with van der Waals surface area (Å²) in [5.41, 5.74) is 2.41. The van der Waals surface area contributed by atoms with Gasteiger partial charge in [0.1, 0.15) is 5.82 Å². The van der Waals surface area contributed by atoms with Gasteiger partial charge in [-0.3, -0.25) is 4.79 Å². The zero-order chi connectivity index (χ0) is 13.1. The predicted octanol–water partition coefficient (Wildman–Crippen LogP) is 2.94. The molecular weight excluding hydrogens is 224 g/mol. The van der Waals surface area contributed by atoms with E-state index in [4.69, 9.17) is 0 Å². The van der Waals surface area contributed by atoms with Gasteiger partial charge in [0.2, 0.25) is 0 Å². The molecule has 94 valence electrons. The highest BCUT2D eigenvalue weighted by molar-refractivity contribution is 5.62. The number of nitrogens with one attached hydrogen (secondary N) is 1. The second-order valence-corrected chi connectivity index (χ2v) is 4.95. The Morgan fingerprint density at radius 2 is 1.89 bits per heavy atom. The van der Waals surface area contributed by atoms with Gasteiger partial charge in [0, 0.05) is 17.5 Å². The van der Waals surface area contributed by atoms with E-state index in [0.717, 1.165) is 23.5 Å². The van der Waals surface area contributed by atoms with E-state index in [1.165, 1.54) is 0 Å². The molecule has 3 nitrogen and oxygen atoms in total. The summed E-state index contributed by atoms with van der Waals surface area (Å²) in [6, 6.07) is 9.84. The molecule has 0 aliphatic carbocycles. The number of benzene rings is 1. The molecular formula is C15H18N2O.